The third-order valence-corrected chi connectivity index (χ3v) is 5.24. The Morgan fingerprint density at radius 3 is 2.65 bits per heavy atom. The molecule has 2 heterocycles. The lowest BCUT2D eigenvalue weighted by Gasteiger charge is -2.29. The predicted molar refractivity (Wildman–Crippen MR) is 105 cm³/mol. The highest BCUT2D eigenvalue weighted by Crippen LogP contribution is 2.24. The number of carbonyl (C=O) groups excluding carboxylic acids is 1. The van der Waals surface area contributed by atoms with Crippen molar-refractivity contribution in [2.45, 2.75) is 19.5 Å². The van der Waals surface area contributed by atoms with Crippen molar-refractivity contribution in [1.82, 2.24) is 14.4 Å². The third kappa shape index (κ3) is 3.01. The van der Waals surface area contributed by atoms with E-state index < -0.39 is 0 Å². The number of para-hydroxylation sites is 1. The zero-order chi connectivity index (χ0) is 18.3. The molecule has 134 valence electrons. The first-order valence-corrected chi connectivity index (χ1v) is 9.12. The molecule has 0 N–H and O–H groups in total. The number of rotatable bonds is 3. The second-order valence-corrected chi connectivity index (χ2v) is 7.46. The van der Waals surface area contributed by atoms with Gasteiger partial charge in [0.25, 0.3) is 5.91 Å². The quantitative estimate of drug-likeness (QED) is 0.726. The smallest absolute Gasteiger partial charge is 0.270 e. The number of amides is 1. The molecule has 2 aromatic carbocycles. The third-order valence-electron chi connectivity index (χ3n) is 5.24. The number of aromatic nitrogens is 1. The Balaban J connectivity index is 1.58. The minimum atomic E-state index is 0.117. The first kappa shape index (κ1) is 16.9. The highest BCUT2D eigenvalue weighted by molar-refractivity contribution is 5.98. The Morgan fingerprint density at radius 2 is 1.88 bits per heavy atom. The normalized spacial score (nSPS) is 14.1. The van der Waals surface area contributed by atoms with Crippen molar-refractivity contribution in [3.05, 3.63) is 70.9 Å². The van der Waals surface area contributed by atoms with Gasteiger partial charge >= 0.3 is 0 Å². The standard InChI is InChI=1S/C22H25N3O/c1-23(2)14-16-8-9-19-15-25(11-10-17(19)12-16)22(26)21-13-18-6-4-5-7-20(18)24(21)3/h4-9,12-13H,10-11,14-15H2,1-3H3. The Kier molecular flexibility index (Phi) is 4.29. The van der Waals surface area contributed by atoms with Crippen LogP contribution in [-0.4, -0.2) is 40.9 Å². The van der Waals surface area contributed by atoms with Gasteiger partial charge in [-0.3, -0.25) is 4.79 Å². The molecule has 4 heteroatoms. The number of aryl methyl sites for hydroxylation is 1. The van der Waals surface area contributed by atoms with Gasteiger partial charge < -0.3 is 14.4 Å². The lowest BCUT2D eigenvalue weighted by Crippen LogP contribution is -2.36. The molecule has 0 bridgehead atoms. The van der Waals surface area contributed by atoms with Crippen molar-refractivity contribution >= 4 is 16.8 Å². The summed E-state index contributed by atoms with van der Waals surface area (Å²) >= 11 is 0. The van der Waals surface area contributed by atoms with E-state index in [9.17, 15) is 4.79 Å². The maximum Gasteiger partial charge on any atom is 0.270 e. The Morgan fingerprint density at radius 1 is 1.08 bits per heavy atom. The zero-order valence-corrected chi connectivity index (χ0v) is 15.7. The van der Waals surface area contributed by atoms with E-state index in [4.69, 9.17) is 0 Å². The molecular weight excluding hydrogens is 322 g/mol. The number of hydrogen-bond donors (Lipinski definition) is 0. The highest BCUT2D eigenvalue weighted by Gasteiger charge is 2.24. The maximum absolute atomic E-state index is 13.1. The molecule has 0 spiro atoms. The van der Waals surface area contributed by atoms with Gasteiger partial charge in [0.15, 0.2) is 0 Å². The molecule has 0 fully saturated rings. The van der Waals surface area contributed by atoms with E-state index >= 15 is 0 Å². The van der Waals surface area contributed by atoms with Gasteiger partial charge in [0.2, 0.25) is 0 Å². The van der Waals surface area contributed by atoms with Gasteiger partial charge in [0.1, 0.15) is 5.69 Å². The van der Waals surface area contributed by atoms with Gasteiger partial charge in [-0.1, -0.05) is 36.4 Å². The fourth-order valence-corrected chi connectivity index (χ4v) is 3.90. The Hall–Kier alpha value is -2.59. The first-order chi connectivity index (χ1) is 12.5. The molecule has 1 aliphatic rings. The second-order valence-electron chi connectivity index (χ2n) is 7.46. The lowest BCUT2D eigenvalue weighted by atomic mass is 9.97. The summed E-state index contributed by atoms with van der Waals surface area (Å²) < 4.78 is 2.01. The molecule has 4 rings (SSSR count). The summed E-state index contributed by atoms with van der Waals surface area (Å²) in [6.07, 6.45) is 0.923. The number of carbonyl (C=O) groups is 1. The molecule has 1 aromatic heterocycles. The molecule has 0 atom stereocenters. The number of fused-ring (bicyclic) bond motifs is 2. The van der Waals surface area contributed by atoms with Crippen LogP contribution in [-0.2, 0) is 26.6 Å². The van der Waals surface area contributed by atoms with Crippen LogP contribution in [0.1, 0.15) is 27.2 Å². The van der Waals surface area contributed by atoms with E-state index in [-0.39, 0.29) is 5.91 Å². The maximum atomic E-state index is 13.1. The van der Waals surface area contributed by atoms with Crippen LogP contribution in [0.2, 0.25) is 0 Å². The molecule has 0 saturated heterocycles. The van der Waals surface area contributed by atoms with E-state index in [0.717, 1.165) is 36.1 Å². The molecule has 26 heavy (non-hydrogen) atoms. The van der Waals surface area contributed by atoms with Gasteiger partial charge in [-0.25, -0.2) is 0 Å². The first-order valence-electron chi connectivity index (χ1n) is 9.12. The topological polar surface area (TPSA) is 28.5 Å². The van der Waals surface area contributed by atoms with Crippen LogP contribution >= 0.6 is 0 Å². The van der Waals surface area contributed by atoms with Crippen molar-refractivity contribution in [2.75, 3.05) is 20.6 Å². The Bertz CT molecular complexity index is 971. The minimum Gasteiger partial charge on any atom is -0.340 e. The summed E-state index contributed by atoms with van der Waals surface area (Å²) in [4.78, 5) is 17.3. The minimum absolute atomic E-state index is 0.117. The molecule has 0 radical (unpaired) electrons. The summed E-state index contributed by atoms with van der Waals surface area (Å²) in [5, 5.41) is 1.11. The highest BCUT2D eigenvalue weighted by atomic mass is 16.2. The van der Waals surface area contributed by atoms with E-state index in [0.29, 0.717) is 6.54 Å². The molecule has 4 nitrogen and oxygen atoms in total. The van der Waals surface area contributed by atoms with E-state index in [1.54, 1.807) is 0 Å². The van der Waals surface area contributed by atoms with Crippen molar-refractivity contribution in [1.29, 1.82) is 0 Å². The van der Waals surface area contributed by atoms with Crippen LogP contribution in [0, 0.1) is 0 Å². The SMILES string of the molecule is CN(C)Cc1ccc2c(c1)CCN(C(=O)c1cc3ccccc3n1C)C2. The van der Waals surface area contributed by atoms with Crippen LogP contribution < -0.4 is 0 Å². The summed E-state index contributed by atoms with van der Waals surface area (Å²) in [5.41, 5.74) is 5.85. The fraction of sp³-hybridized carbons (Fsp3) is 0.318. The lowest BCUT2D eigenvalue weighted by molar-refractivity contribution is 0.0725. The summed E-state index contributed by atoms with van der Waals surface area (Å²) in [6, 6.07) is 16.8. The zero-order valence-electron chi connectivity index (χ0n) is 15.7. The van der Waals surface area contributed by atoms with Gasteiger partial charge in [-0.15, -0.1) is 0 Å². The summed E-state index contributed by atoms with van der Waals surface area (Å²) in [7, 11) is 6.15. The molecule has 0 saturated carbocycles. The summed E-state index contributed by atoms with van der Waals surface area (Å²) in [5.74, 6) is 0.117. The molecule has 1 amide bonds. The van der Waals surface area contributed by atoms with Crippen LogP contribution in [0.3, 0.4) is 0 Å². The van der Waals surface area contributed by atoms with Crippen molar-refractivity contribution in [3.8, 4) is 0 Å². The average molecular weight is 347 g/mol. The number of nitrogens with zero attached hydrogens (tertiary/aromatic N) is 3. The summed E-state index contributed by atoms with van der Waals surface area (Å²) in [6.45, 7) is 2.42. The van der Waals surface area contributed by atoms with Crippen molar-refractivity contribution in [2.24, 2.45) is 7.05 Å². The van der Waals surface area contributed by atoms with E-state index in [2.05, 4.69) is 49.3 Å². The monoisotopic (exact) mass is 347 g/mol. The van der Waals surface area contributed by atoms with E-state index in [1.807, 2.05) is 34.7 Å². The van der Waals surface area contributed by atoms with Crippen LogP contribution in [0.4, 0.5) is 0 Å². The molecule has 1 aliphatic heterocycles. The Labute approximate surface area is 154 Å². The van der Waals surface area contributed by atoms with Gasteiger partial charge in [0, 0.05) is 37.6 Å². The number of benzene rings is 2. The van der Waals surface area contributed by atoms with Gasteiger partial charge in [-0.2, -0.15) is 0 Å². The van der Waals surface area contributed by atoms with Gasteiger partial charge in [0.05, 0.1) is 0 Å². The fourth-order valence-electron chi connectivity index (χ4n) is 3.90. The van der Waals surface area contributed by atoms with Crippen molar-refractivity contribution < 1.29 is 4.79 Å². The molecule has 3 aromatic rings. The largest absolute Gasteiger partial charge is 0.340 e. The molecule has 0 unspecified atom stereocenters. The van der Waals surface area contributed by atoms with Crippen LogP contribution in [0.5, 0.6) is 0 Å². The van der Waals surface area contributed by atoms with Gasteiger partial charge in [-0.05, 0) is 49.3 Å². The van der Waals surface area contributed by atoms with Crippen LogP contribution in [0.15, 0.2) is 48.5 Å². The predicted octanol–water partition coefficient (Wildman–Crippen LogP) is 3.44. The van der Waals surface area contributed by atoms with E-state index in [1.165, 1.54) is 16.7 Å². The van der Waals surface area contributed by atoms with Crippen LogP contribution in [0.25, 0.3) is 10.9 Å². The second kappa shape index (κ2) is 6.61. The average Bonchev–Trinajstić information content (AvgIpc) is 2.97. The molecular formula is C22H25N3O. The van der Waals surface area contributed by atoms with Crippen molar-refractivity contribution in [3.63, 3.8) is 0 Å². The number of hydrogen-bond acceptors (Lipinski definition) is 2. The molecule has 0 aliphatic carbocycles.